The van der Waals surface area contributed by atoms with Crippen LogP contribution in [0.5, 0.6) is 0 Å². The molecule has 0 saturated heterocycles. The van der Waals surface area contributed by atoms with Crippen LogP contribution in [0.1, 0.15) is 42.4 Å². The molecule has 1 aromatic heterocycles. The highest BCUT2D eigenvalue weighted by Crippen LogP contribution is 2.35. The van der Waals surface area contributed by atoms with Crippen molar-refractivity contribution in [1.82, 2.24) is 19.8 Å². The number of H-pyrrole nitrogens is 1. The Morgan fingerprint density at radius 2 is 1.96 bits per heavy atom. The van der Waals surface area contributed by atoms with E-state index in [0.29, 0.717) is 0 Å². The van der Waals surface area contributed by atoms with E-state index in [1.807, 2.05) is 6.33 Å². The summed E-state index contributed by atoms with van der Waals surface area (Å²) in [4.78, 5) is 12.9. The standard InChI is InChI=1S/C20H30N4/c1-15-6-8-16(9-7-15)19-18-17(21-14-22-18)10-11-24(19)13-20(2,3)12-23(4)5/h6-9,14,19H,10-13H2,1-5H3,(H,21,22)/t19-/m0/s1. The highest BCUT2D eigenvalue weighted by molar-refractivity contribution is 5.34. The van der Waals surface area contributed by atoms with Crippen molar-refractivity contribution in [2.45, 2.75) is 33.2 Å². The molecular weight excluding hydrogens is 296 g/mol. The molecule has 3 rings (SSSR count). The van der Waals surface area contributed by atoms with Crippen molar-refractivity contribution in [3.05, 3.63) is 53.1 Å². The van der Waals surface area contributed by atoms with Crippen molar-refractivity contribution in [1.29, 1.82) is 0 Å². The van der Waals surface area contributed by atoms with Gasteiger partial charge in [-0.3, -0.25) is 4.90 Å². The van der Waals surface area contributed by atoms with E-state index in [0.717, 1.165) is 26.1 Å². The molecule has 4 heteroatoms. The summed E-state index contributed by atoms with van der Waals surface area (Å²) in [5.74, 6) is 0. The summed E-state index contributed by atoms with van der Waals surface area (Å²) >= 11 is 0. The fourth-order valence-corrected chi connectivity index (χ4v) is 4.07. The Balaban J connectivity index is 1.91. The van der Waals surface area contributed by atoms with E-state index in [1.165, 1.54) is 22.5 Å². The number of aromatic nitrogens is 2. The first-order valence-corrected chi connectivity index (χ1v) is 8.83. The summed E-state index contributed by atoms with van der Waals surface area (Å²) in [5, 5.41) is 0. The zero-order valence-corrected chi connectivity index (χ0v) is 15.6. The second-order valence-corrected chi connectivity index (χ2v) is 8.20. The van der Waals surface area contributed by atoms with Gasteiger partial charge >= 0.3 is 0 Å². The average Bonchev–Trinajstić information content (AvgIpc) is 2.95. The second-order valence-electron chi connectivity index (χ2n) is 8.20. The van der Waals surface area contributed by atoms with Crippen molar-refractivity contribution in [2.24, 2.45) is 5.41 Å². The van der Waals surface area contributed by atoms with Crippen LogP contribution < -0.4 is 0 Å². The molecule has 0 fully saturated rings. The molecule has 0 saturated carbocycles. The summed E-state index contributed by atoms with van der Waals surface area (Å²) in [5.41, 5.74) is 5.37. The zero-order valence-electron chi connectivity index (χ0n) is 15.6. The van der Waals surface area contributed by atoms with Crippen molar-refractivity contribution in [3.8, 4) is 0 Å². The van der Waals surface area contributed by atoms with Gasteiger partial charge in [0.25, 0.3) is 0 Å². The van der Waals surface area contributed by atoms with E-state index in [9.17, 15) is 0 Å². The Hall–Kier alpha value is -1.65. The third-order valence-corrected chi connectivity index (χ3v) is 4.79. The number of nitrogens with zero attached hydrogens (tertiary/aromatic N) is 3. The molecule has 0 bridgehead atoms. The van der Waals surface area contributed by atoms with Gasteiger partial charge in [-0.05, 0) is 32.0 Å². The van der Waals surface area contributed by atoms with Crippen molar-refractivity contribution in [2.75, 3.05) is 33.7 Å². The molecule has 130 valence electrons. The van der Waals surface area contributed by atoms with E-state index < -0.39 is 0 Å². The first-order valence-electron chi connectivity index (χ1n) is 8.83. The van der Waals surface area contributed by atoms with Crippen LogP contribution in [0.2, 0.25) is 0 Å². The maximum absolute atomic E-state index is 4.67. The second kappa shape index (κ2) is 6.69. The van der Waals surface area contributed by atoms with E-state index in [-0.39, 0.29) is 11.5 Å². The van der Waals surface area contributed by atoms with Crippen LogP contribution in [0, 0.1) is 12.3 Å². The van der Waals surface area contributed by atoms with E-state index >= 15 is 0 Å². The first-order chi connectivity index (χ1) is 11.4. The van der Waals surface area contributed by atoms with E-state index in [2.05, 4.69) is 78.9 Å². The molecule has 2 aromatic rings. The van der Waals surface area contributed by atoms with Crippen LogP contribution >= 0.6 is 0 Å². The summed E-state index contributed by atoms with van der Waals surface area (Å²) in [6.45, 7) is 10.1. The van der Waals surface area contributed by atoms with Gasteiger partial charge in [-0.2, -0.15) is 0 Å². The maximum atomic E-state index is 4.67. The maximum Gasteiger partial charge on any atom is 0.0926 e. The minimum absolute atomic E-state index is 0.236. The largest absolute Gasteiger partial charge is 0.348 e. The van der Waals surface area contributed by atoms with Gasteiger partial charge in [-0.15, -0.1) is 0 Å². The molecule has 1 atom stereocenters. The van der Waals surface area contributed by atoms with Gasteiger partial charge in [0, 0.05) is 31.7 Å². The lowest BCUT2D eigenvalue weighted by Crippen LogP contribution is -2.45. The van der Waals surface area contributed by atoms with Crippen LogP contribution in [0.4, 0.5) is 0 Å². The molecule has 0 aliphatic carbocycles. The number of aryl methyl sites for hydroxylation is 1. The Labute approximate surface area is 145 Å². The number of fused-ring (bicyclic) bond motifs is 1. The zero-order chi connectivity index (χ0) is 17.3. The molecule has 1 aliphatic rings. The molecule has 1 N–H and O–H groups in total. The molecule has 4 nitrogen and oxygen atoms in total. The predicted octanol–water partition coefficient (Wildman–Crippen LogP) is 3.25. The van der Waals surface area contributed by atoms with Gasteiger partial charge in [0.05, 0.1) is 18.1 Å². The first kappa shape index (κ1) is 17.2. The van der Waals surface area contributed by atoms with Crippen molar-refractivity contribution < 1.29 is 0 Å². The van der Waals surface area contributed by atoms with E-state index in [4.69, 9.17) is 0 Å². The SMILES string of the molecule is Cc1ccc([C@H]2c3nc[nH]c3CCN2CC(C)(C)CN(C)C)cc1. The third kappa shape index (κ3) is 3.70. The molecule has 0 unspecified atom stereocenters. The summed E-state index contributed by atoms with van der Waals surface area (Å²) in [7, 11) is 4.31. The summed E-state index contributed by atoms with van der Waals surface area (Å²) < 4.78 is 0. The predicted molar refractivity (Wildman–Crippen MR) is 99.2 cm³/mol. The normalized spacial score (nSPS) is 18.8. The Morgan fingerprint density at radius 1 is 1.25 bits per heavy atom. The fourth-order valence-electron chi connectivity index (χ4n) is 4.07. The van der Waals surface area contributed by atoms with E-state index in [1.54, 1.807) is 0 Å². The van der Waals surface area contributed by atoms with Gasteiger partial charge < -0.3 is 9.88 Å². The summed E-state index contributed by atoms with van der Waals surface area (Å²) in [6.07, 6.45) is 2.90. The number of imidazole rings is 1. The highest BCUT2D eigenvalue weighted by Gasteiger charge is 2.34. The van der Waals surface area contributed by atoms with Crippen LogP contribution in [0.3, 0.4) is 0 Å². The molecule has 0 radical (unpaired) electrons. The van der Waals surface area contributed by atoms with Crippen molar-refractivity contribution >= 4 is 0 Å². The molecular formula is C20H30N4. The number of rotatable bonds is 5. The molecule has 0 amide bonds. The molecule has 24 heavy (non-hydrogen) atoms. The van der Waals surface area contributed by atoms with Gasteiger partial charge in [0.2, 0.25) is 0 Å². The van der Waals surface area contributed by atoms with Crippen LogP contribution in [-0.4, -0.2) is 53.5 Å². The lowest BCUT2D eigenvalue weighted by atomic mass is 9.88. The Morgan fingerprint density at radius 3 is 2.62 bits per heavy atom. The number of nitrogens with one attached hydrogen (secondary N) is 1. The van der Waals surface area contributed by atoms with Gasteiger partial charge in [0.15, 0.2) is 0 Å². The number of hydrogen-bond acceptors (Lipinski definition) is 3. The summed E-state index contributed by atoms with van der Waals surface area (Å²) in [6, 6.07) is 9.19. The number of hydrogen-bond donors (Lipinski definition) is 1. The fraction of sp³-hybridized carbons (Fsp3) is 0.550. The minimum atomic E-state index is 0.236. The smallest absolute Gasteiger partial charge is 0.0926 e. The average molecular weight is 326 g/mol. The molecule has 1 aromatic carbocycles. The molecule has 1 aliphatic heterocycles. The third-order valence-electron chi connectivity index (χ3n) is 4.79. The van der Waals surface area contributed by atoms with Gasteiger partial charge in [0.1, 0.15) is 0 Å². The monoisotopic (exact) mass is 326 g/mol. The quantitative estimate of drug-likeness (QED) is 0.916. The van der Waals surface area contributed by atoms with Gasteiger partial charge in [-0.1, -0.05) is 43.7 Å². The van der Waals surface area contributed by atoms with Crippen LogP contribution in [-0.2, 0) is 6.42 Å². The minimum Gasteiger partial charge on any atom is -0.348 e. The topological polar surface area (TPSA) is 35.2 Å². The van der Waals surface area contributed by atoms with Crippen LogP contribution in [0.25, 0.3) is 0 Å². The van der Waals surface area contributed by atoms with Gasteiger partial charge in [-0.25, -0.2) is 4.98 Å². The molecule has 0 spiro atoms. The Bertz CT molecular complexity index is 669. The lowest BCUT2D eigenvalue weighted by Gasteiger charge is -2.41. The molecule has 2 heterocycles. The lowest BCUT2D eigenvalue weighted by molar-refractivity contribution is 0.113. The number of benzene rings is 1. The van der Waals surface area contributed by atoms with Crippen molar-refractivity contribution in [3.63, 3.8) is 0 Å². The van der Waals surface area contributed by atoms with Crippen LogP contribution in [0.15, 0.2) is 30.6 Å². The number of aromatic amines is 1. The Kier molecular flexibility index (Phi) is 4.79. The highest BCUT2D eigenvalue weighted by atomic mass is 15.2.